The molecule has 0 radical (unpaired) electrons. The summed E-state index contributed by atoms with van der Waals surface area (Å²) in [7, 11) is 0. The molecule has 3 aromatic rings. The molecule has 0 amide bonds. The van der Waals surface area contributed by atoms with Crippen molar-refractivity contribution in [3.63, 3.8) is 0 Å². The molecule has 222 valence electrons. The first kappa shape index (κ1) is 30.5. The van der Waals surface area contributed by atoms with Crippen LogP contribution in [0.1, 0.15) is 27.7 Å². The molecule has 1 fully saturated rings. The van der Waals surface area contributed by atoms with Gasteiger partial charge in [-0.3, -0.25) is 19.2 Å². The Labute approximate surface area is 244 Å². The monoisotopic (exact) mass is 602 g/mol. The van der Waals surface area contributed by atoms with E-state index in [1.54, 1.807) is 0 Å². The lowest BCUT2D eigenvalue weighted by atomic mass is 9.98. The zero-order valence-corrected chi connectivity index (χ0v) is 23.7. The van der Waals surface area contributed by atoms with Gasteiger partial charge in [-0.05, 0) is 17.2 Å². The topological polar surface area (TPSA) is 154 Å². The number of fused-ring (bicyclic) bond motifs is 1. The zero-order chi connectivity index (χ0) is 30.6. The van der Waals surface area contributed by atoms with Crippen LogP contribution in [0.2, 0.25) is 5.02 Å². The van der Waals surface area contributed by atoms with Gasteiger partial charge in [-0.25, -0.2) is 4.79 Å². The van der Waals surface area contributed by atoms with Gasteiger partial charge in [0.25, 0.3) is 0 Å². The molecule has 1 aliphatic heterocycles. The Morgan fingerprint density at radius 2 is 1.43 bits per heavy atom. The Balaban J connectivity index is 1.78. The molecule has 0 unspecified atom stereocenters. The van der Waals surface area contributed by atoms with Crippen LogP contribution in [-0.2, 0) is 42.9 Å². The van der Waals surface area contributed by atoms with Gasteiger partial charge in [0.1, 0.15) is 24.0 Å². The van der Waals surface area contributed by atoms with Gasteiger partial charge in [0.15, 0.2) is 12.2 Å². The molecule has 0 aliphatic carbocycles. The maximum Gasteiger partial charge on any atom is 0.336 e. The molecule has 0 spiro atoms. The molecule has 2 aromatic carbocycles. The van der Waals surface area contributed by atoms with E-state index in [-0.39, 0.29) is 16.4 Å². The van der Waals surface area contributed by atoms with Gasteiger partial charge in [0.05, 0.1) is 5.02 Å². The van der Waals surface area contributed by atoms with E-state index in [0.29, 0.717) is 10.9 Å². The highest BCUT2D eigenvalue weighted by atomic mass is 35.5. The van der Waals surface area contributed by atoms with Gasteiger partial charge in [-0.1, -0.05) is 41.9 Å². The standard InChI is InChI=1S/C29H27ClO12/c1-14(31)36-13-24-26(37-15(2)32)27(38-16(3)33)28(39-17(4)34)29(42-24)41-23-12-22-20(10-21(23)30)19(11-25(35)40-22)18-8-6-5-7-9-18/h5-12,24,26-29H,13H2,1-4H3/t24-,26+,27-,28+,29+/m0/s1. The maximum atomic E-state index is 12.4. The molecule has 1 aliphatic rings. The van der Waals surface area contributed by atoms with Crippen molar-refractivity contribution in [3.05, 3.63) is 64.0 Å². The number of halogens is 1. The first-order valence-corrected chi connectivity index (χ1v) is 13.1. The minimum atomic E-state index is -1.52. The van der Waals surface area contributed by atoms with Crippen LogP contribution in [0.5, 0.6) is 5.75 Å². The van der Waals surface area contributed by atoms with E-state index in [1.807, 2.05) is 30.3 Å². The number of rotatable bonds is 8. The van der Waals surface area contributed by atoms with E-state index in [0.717, 1.165) is 33.3 Å². The normalized spacial score (nSPS) is 21.7. The van der Waals surface area contributed by atoms with Gasteiger partial charge in [-0.2, -0.15) is 0 Å². The molecule has 0 saturated carbocycles. The van der Waals surface area contributed by atoms with Crippen LogP contribution >= 0.6 is 11.6 Å². The van der Waals surface area contributed by atoms with E-state index in [9.17, 15) is 24.0 Å². The Morgan fingerprint density at radius 1 is 0.810 bits per heavy atom. The average molecular weight is 603 g/mol. The van der Waals surface area contributed by atoms with Gasteiger partial charge in [-0.15, -0.1) is 0 Å². The number of esters is 4. The second kappa shape index (κ2) is 13.0. The summed E-state index contributed by atoms with van der Waals surface area (Å²) in [6.07, 6.45) is -7.01. The number of hydrogen-bond acceptors (Lipinski definition) is 12. The molecule has 13 heteroatoms. The lowest BCUT2D eigenvalue weighted by Crippen LogP contribution is -2.63. The van der Waals surface area contributed by atoms with Crippen LogP contribution in [0.4, 0.5) is 0 Å². The van der Waals surface area contributed by atoms with Crippen molar-refractivity contribution in [1.82, 2.24) is 0 Å². The van der Waals surface area contributed by atoms with Crippen LogP contribution in [0.3, 0.4) is 0 Å². The van der Waals surface area contributed by atoms with Crippen molar-refractivity contribution in [2.45, 2.75) is 58.4 Å². The number of carbonyl (C=O) groups is 4. The van der Waals surface area contributed by atoms with E-state index in [4.69, 9.17) is 44.4 Å². The van der Waals surface area contributed by atoms with Gasteiger partial charge < -0.3 is 32.8 Å². The van der Waals surface area contributed by atoms with Crippen LogP contribution in [0, 0.1) is 0 Å². The van der Waals surface area contributed by atoms with Crippen molar-refractivity contribution < 1.29 is 52.0 Å². The minimum Gasteiger partial charge on any atom is -0.463 e. The summed E-state index contributed by atoms with van der Waals surface area (Å²) in [5.41, 5.74) is 0.829. The molecule has 0 N–H and O–H groups in total. The van der Waals surface area contributed by atoms with Crippen molar-refractivity contribution >= 4 is 46.4 Å². The predicted octanol–water partition coefficient (Wildman–Crippen LogP) is 3.58. The SMILES string of the molecule is CC(=O)OC[C@@H]1O[C@@H](Oc2cc3oc(=O)cc(-c4ccccc4)c3cc2Cl)[C@H](OC(C)=O)[C@@H](OC(C)=O)[C@@H]1OC(C)=O. The molecular formula is C29H27ClO12. The van der Waals surface area contributed by atoms with E-state index < -0.39 is 66.8 Å². The Hall–Kier alpha value is -4.42. The molecule has 42 heavy (non-hydrogen) atoms. The summed E-state index contributed by atoms with van der Waals surface area (Å²) in [5.74, 6) is -3.06. The fourth-order valence-electron chi connectivity index (χ4n) is 4.52. The number of benzene rings is 2. The van der Waals surface area contributed by atoms with Crippen molar-refractivity contribution in [2.24, 2.45) is 0 Å². The molecular weight excluding hydrogens is 576 g/mol. The quantitative estimate of drug-likeness (QED) is 0.210. The summed E-state index contributed by atoms with van der Waals surface area (Å²) in [6.45, 7) is 4.06. The fourth-order valence-corrected chi connectivity index (χ4v) is 4.73. The number of ether oxygens (including phenoxy) is 6. The van der Waals surface area contributed by atoms with Gasteiger partial charge in [0.2, 0.25) is 12.4 Å². The lowest BCUT2D eigenvalue weighted by molar-refractivity contribution is -0.288. The Kier molecular flexibility index (Phi) is 9.48. The summed E-state index contributed by atoms with van der Waals surface area (Å²) >= 11 is 6.60. The fraction of sp³-hybridized carbons (Fsp3) is 0.345. The van der Waals surface area contributed by atoms with Crippen LogP contribution in [0.15, 0.2) is 57.7 Å². The highest BCUT2D eigenvalue weighted by Gasteiger charge is 2.53. The second-order valence-electron chi connectivity index (χ2n) is 9.31. The first-order valence-electron chi connectivity index (χ1n) is 12.7. The Bertz CT molecular complexity index is 1550. The van der Waals surface area contributed by atoms with Crippen molar-refractivity contribution in [2.75, 3.05) is 6.61 Å². The predicted molar refractivity (Wildman–Crippen MR) is 146 cm³/mol. The Morgan fingerprint density at radius 3 is 2.05 bits per heavy atom. The molecule has 12 nitrogen and oxygen atoms in total. The molecule has 5 atom stereocenters. The van der Waals surface area contributed by atoms with Crippen molar-refractivity contribution in [3.8, 4) is 16.9 Å². The van der Waals surface area contributed by atoms with E-state index in [1.165, 1.54) is 18.2 Å². The summed E-state index contributed by atoms with van der Waals surface area (Å²) in [6, 6.07) is 13.4. The molecule has 0 bridgehead atoms. The molecule has 4 rings (SSSR count). The highest BCUT2D eigenvalue weighted by molar-refractivity contribution is 6.33. The largest absolute Gasteiger partial charge is 0.463 e. The number of hydrogen-bond donors (Lipinski definition) is 0. The van der Waals surface area contributed by atoms with Crippen LogP contribution in [0.25, 0.3) is 22.1 Å². The lowest BCUT2D eigenvalue weighted by Gasteiger charge is -2.43. The third-order valence-corrected chi connectivity index (χ3v) is 6.37. The molecule has 1 aromatic heterocycles. The van der Waals surface area contributed by atoms with Crippen LogP contribution < -0.4 is 10.4 Å². The molecule has 1 saturated heterocycles. The summed E-state index contributed by atoms with van der Waals surface area (Å²) < 4.78 is 38.7. The second-order valence-corrected chi connectivity index (χ2v) is 9.72. The van der Waals surface area contributed by atoms with Crippen molar-refractivity contribution in [1.29, 1.82) is 0 Å². The highest BCUT2D eigenvalue weighted by Crippen LogP contribution is 2.37. The first-order chi connectivity index (χ1) is 19.9. The van der Waals surface area contributed by atoms with Gasteiger partial charge in [0, 0.05) is 45.2 Å². The summed E-state index contributed by atoms with van der Waals surface area (Å²) in [4.78, 5) is 60.1. The van der Waals surface area contributed by atoms with E-state index in [2.05, 4.69) is 0 Å². The van der Waals surface area contributed by atoms with Gasteiger partial charge >= 0.3 is 29.5 Å². The van der Waals surface area contributed by atoms with E-state index >= 15 is 0 Å². The minimum absolute atomic E-state index is 0.0431. The number of carbonyl (C=O) groups excluding carboxylic acids is 4. The average Bonchev–Trinajstić information content (AvgIpc) is 2.91. The molecule has 2 heterocycles. The third kappa shape index (κ3) is 7.25. The maximum absolute atomic E-state index is 12.4. The zero-order valence-electron chi connectivity index (χ0n) is 23.0. The summed E-state index contributed by atoms with van der Waals surface area (Å²) in [5, 5.41) is 0.584. The smallest absolute Gasteiger partial charge is 0.336 e. The third-order valence-electron chi connectivity index (χ3n) is 6.07. The van der Waals surface area contributed by atoms with Crippen LogP contribution in [-0.4, -0.2) is 61.2 Å².